The summed E-state index contributed by atoms with van der Waals surface area (Å²) in [4.78, 5) is 23.9. The molecule has 0 spiro atoms. The first kappa shape index (κ1) is 17.2. The summed E-state index contributed by atoms with van der Waals surface area (Å²) >= 11 is 0. The monoisotopic (exact) mass is 340 g/mol. The summed E-state index contributed by atoms with van der Waals surface area (Å²) in [6.07, 6.45) is -0.000637. The van der Waals surface area contributed by atoms with Gasteiger partial charge in [0.1, 0.15) is 0 Å². The maximum atomic E-state index is 12.0. The normalized spacial score (nSPS) is 21.9. The Morgan fingerprint density at radius 2 is 1.32 bits per heavy atom. The van der Waals surface area contributed by atoms with E-state index in [1.54, 1.807) is 48.5 Å². The van der Waals surface area contributed by atoms with E-state index in [0.29, 0.717) is 17.5 Å². The average Bonchev–Trinajstić information content (AvgIpc) is 2.66. The first-order valence-electron chi connectivity index (χ1n) is 8.27. The predicted molar refractivity (Wildman–Crippen MR) is 91.1 cm³/mol. The second-order valence-corrected chi connectivity index (χ2v) is 6.16. The molecule has 3 rings (SSSR count). The highest BCUT2D eigenvalue weighted by Crippen LogP contribution is 2.35. The Morgan fingerprint density at radius 3 is 1.80 bits per heavy atom. The fourth-order valence-electron chi connectivity index (χ4n) is 2.89. The Kier molecular flexibility index (Phi) is 5.46. The number of aliphatic hydroxyl groups is 1. The lowest BCUT2D eigenvalue weighted by atomic mass is 9.72. The van der Waals surface area contributed by atoms with Crippen LogP contribution in [0, 0.1) is 11.8 Å². The van der Waals surface area contributed by atoms with E-state index in [0.717, 1.165) is 0 Å². The highest BCUT2D eigenvalue weighted by Gasteiger charge is 2.41. The van der Waals surface area contributed by atoms with Gasteiger partial charge in [0, 0.05) is 11.8 Å². The number of carbonyl (C=O) groups is 2. The molecule has 0 heterocycles. The third kappa shape index (κ3) is 4.25. The molecule has 1 saturated carbocycles. The topological polar surface area (TPSA) is 72.8 Å². The minimum absolute atomic E-state index is 0.00812. The number of hydrogen-bond acceptors (Lipinski definition) is 5. The molecule has 2 aromatic rings. The van der Waals surface area contributed by atoms with Crippen LogP contribution in [0.5, 0.6) is 0 Å². The van der Waals surface area contributed by atoms with Crippen LogP contribution in [-0.2, 0) is 9.47 Å². The third-order valence-electron chi connectivity index (χ3n) is 4.50. The van der Waals surface area contributed by atoms with Gasteiger partial charge in [-0.2, -0.15) is 0 Å². The highest BCUT2D eigenvalue weighted by atomic mass is 16.5. The Morgan fingerprint density at radius 1 is 0.840 bits per heavy atom. The van der Waals surface area contributed by atoms with Crippen molar-refractivity contribution < 1.29 is 24.2 Å². The molecule has 5 heteroatoms. The predicted octanol–water partition coefficient (Wildman–Crippen LogP) is 2.70. The first-order chi connectivity index (χ1) is 12.1. The molecule has 1 fully saturated rings. The molecular formula is C20H20O5. The van der Waals surface area contributed by atoms with Gasteiger partial charge in [0.25, 0.3) is 0 Å². The summed E-state index contributed by atoms with van der Waals surface area (Å²) in [6, 6.07) is 17.5. The second-order valence-electron chi connectivity index (χ2n) is 6.16. The molecule has 1 aliphatic rings. The number of aliphatic hydroxyl groups excluding tert-OH is 1. The van der Waals surface area contributed by atoms with Gasteiger partial charge in [-0.25, -0.2) is 9.59 Å². The van der Waals surface area contributed by atoms with Crippen molar-refractivity contribution in [3.05, 3.63) is 71.8 Å². The molecule has 0 bridgehead atoms. The van der Waals surface area contributed by atoms with Crippen LogP contribution in [0.15, 0.2) is 60.7 Å². The number of benzene rings is 2. The molecule has 2 aromatic carbocycles. The molecular weight excluding hydrogens is 320 g/mol. The second kappa shape index (κ2) is 7.94. The highest BCUT2D eigenvalue weighted by molar-refractivity contribution is 5.89. The van der Waals surface area contributed by atoms with Gasteiger partial charge < -0.3 is 14.6 Å². The number of ether oxygens (including phenoxy) is 2. The zero-order valence-corrected chi connectivity index (χ0v) is 13.7. The van der Waals surface area contributed by atoms with E-state index in [1.807, 2.05) is 12.1 Å². The Labute approximate surface area is 146 Å². The lowest BCUT2D eigenvalue weighted by Crippen LogP contribution is -2.46. The quantitative estimate of drug-likeness (QED) is 0.819. The van der Waals surface area contributed by atoms with Gasteiger partial charge in [0.15, 0.2) is 0 Å². The van der Waals surface area contributed by atoms with Crippen LogP contribution < -0.4 is 0 Å². The lowest BCUT2D eigenvalue weighted by molar-refractivity contribution is -0.0852. The number of rotatable bonds is 6. The van der Waals surface area contributed by atoms with Crippen molar-refractivity contribution >= 4 is 11.9 Å². The molecule has 25 heavy (non-hydrogen) atoms. The van der Waals surface area contributed by atoms with E-state index in [9.17, 15) is 14.7 Å². The molecule has 1 N–H and O–H groups in total. The van der Waals surface area contributed by atoms with Gasteiger partial charge in [-0.05, 0) is 30.7 Å². The van der Waals surface area contributed by atoms with E-state index in [4.69, 9.17) is 9.47 Å². The van der Waals surface area contributed by atoms with Crippen molar-refractivity contribution in [1.29, 1.82) is 0 Å². The Hall–Kier alpha value is -2.66. The van der Waals surface area contributed by atoms with Gasteiger partial charge in [-0.3, -0.25) is 0 Å². The van der Waals surface area contributed by atoms with Crippen LogP contribution in [0.4, 0.5) is 0 Å². The zero-order chi connectivity index (χ0) is 17.6. The average molecular weight is 340 g/mol. The van der Waals surface area contributed by atoms with Crippen LogP contribution in [0.25, 0.3) is 0 Å². The summed E-state index contributed by atoms with van der Waals surface area (Å²) in [5.41, 5.74) is 0.970. The van der Waals surface area contributed by atoms with E-state index in [1.165, 1.54) is 0 Å². The van der Waals surface area contributed by atoms with Crippen LogP contribution in [0.1, 0.15) is 27.1 Å². The molecule has 130 valence electrons. The van der Waals surface area contributed by atoms with Gasteiger partial charge in [0.2, 0.25) is 0 Å². The minimum Gasteiger partial charge on any atom is -0.462 e. The molecule has 0 radical (unpaired) electrons. The van der Waals surface area contributed by atoms with E-state index >= 15 is 0 Å². The lowest BCUT2D eigenvalue weighted by Gasteiger charge is -2.40. The van der Waals surface area contributed by atoms with Crippen molar-refractivity contribution in [1.82, 2.24) is 0 Å². The van der Waals surface area contributed by atoms with Crippen molar-refractivity contribution in [2.24, 2.45) is 11.8 Å². The Balaban J connectivity index is 1.47. The molecule has 0 aliphatic heterocycles. The summed E-state index contributed by atoms with van der Waals surface area (Å²) in [7, 11) is 0. The van der Waals surface area contributed by atoms with E-state index in [2.05, 4.69) is 0 Å². The Bertz CT molecular complexity index is 713. The zero-order valence-electron chi connectivity index (χ0n) is 13.7. The first-order valence-corrected chi connectivity index (χ1v) is 8.27. The third-order valence-corrected chi connectivity index (χ3v) is 4.50. The fraction of sp³-hybridized carbons (Fsp3) is 0.300. The largest absolute Gasteiger partial charge is 0.462 e. The fourth-order valence-corrected chi connectivity index (χ4v) is 2.89. The standard InChI is InChI=1S/C20H20O5/c21-18-11-16(12-24-19(22)14-7-3-1-4-8-14)17(18)13-25-20(23)15-9-5-2-6-10-15/h1-10,16-18,21H,11-13H2. The molecule has 1 aliphatic carbocycles. The van der Waals surface area contributed by atoms with E-state index in [-0.39, 0.29) is 31.0 Å². The van der Waals surface area contributed by atoms with Gasteiger partial charge in [-0.1, -0.05) is 36.4 Å². The van der Waals surface area contributed by atoms with Crippen LogP contribution in [0.2, 0.25) is 0 Å². The van der Waals surface area contributed by atoms with Crippen molar-refractivity contribution in [2.45, 2.75) is 12.5 Å². The van der Waals surface area contributed by atoms with Gasteiger partial charge in [0.05, 0.1) is 30.4 Å². The number of carbonyl (C=O) groups excluding carboxylic acids is 2. The SMILES string of the molecule is O=C(OCC1CC(O)C1COC(=O)c1ccccc1)c1ccccc1. The smallest absolute Gasteiger partial charge is 0.338 e. The number of esters is 2. The summed E-state index contributed by atoms with van der Waals surface area (Å²) in [5, 5.41) is 9.91. The number of hydrogen-bond donors (Lipinski definition) is 1. The summed E-state index contributed by atoms with van der Waals surface area (Å²) < 4.78 is 10.6. The van der Waals surface area contributed by atoms with E-state index < -0.39 is 12.1 Å². The maximum Gasteiger partial charge on any atom is 0.338 e. The maximum absolute atomic E-state index is 12.0. The van der Waals surface area contributed by atoms with Crippen LogP contribution in [0.3, 0.4) is 0 Å². The van der Waals surface area contributed by atoms with Gasteiger partial charge in [-0.15, -0.1) is 0 Å². The molecule has 0 saturated heterocycles. The molecule has 5 nitrogen and oxygen atoms in total. The van der Waals surface area contributed by atoms with Gasteiger partial charge >= 0.3 is 11.9 Å². The van der Waals surface area contributed by atoms with Crippen LogP contribution in [-0.4, -0.2) is 36.4 Å². The van der Waals surface area contributed by atoms with Crippen LogP contribution >= 0.6 is 0 Å². The molecule has 3 unspecified atom stereocenters. The summed E-state index contributed by atoms with van der Waals surface area (Å²) in [5.74, 6) is -1.02. The molecule has 3 atom stereocenters. The minimum atomic E-state index is -0.538. The summed E-state index contributed by atoms with van der Waals surface area (Å²) in [6.45, 7) is 0.320. The van der Waals surface area contributed by atoms with Crippen molar-refractivity contribution in [3.63, 3.8) is 0 Å². The van der Waals surface area contributed by atoms with Crippen molar-refractivity contribution in [2.75, 3.05) is 13.2 Å². The molecule has 0 amide bonds. The van der Waals surface area contributed by atoms with Crippen molar-refractivity contribution in [3.8, 4) is 0 Å². The molecule has 0 aromatic heterocycles.